The Balaban J connectivity index is 1.96. The molecule has 0 aliphatic carbocycles. The second-order valence-electron chi connectivity index (χ2n) is 7.47. The fraction of sp³-hybridized carbons (Fsp3) is 0.296. The quantitative estimate of drug-likeness (QED) is 0.290. The normalized spacial score (nSPS) is 12.4. The van der Waals surface area contributed by atoms with E-state index in [1.165, 1.54) is 0 Å². The van der Waals surface area contributed by atoms with Gasteiger partial charge in [0, 0.05) is 6.61 Å². The fourth-order valence-corrected chi connectivity index (χ4v) is 8.56. The summed E-state index contributed by atoms with van der Waals surface area (Å²) < 4.78 is 16.7. The highest BCUT2D eigenvalue weighted by Crippen LogP contribution is 2.59. The van der Waals surface area contributed by atoms with E-state index in [0.29, 0.717) is 33.0 Å². The van der Waals surface area contributed by atoms with Gasteiger partial charge in [0.15, 0.2) is 0 Å². The summed E-state index contributed by atoms with van der Waals surface area (Å²) in [5.74, 6) is -0.864. The van der Waals surface area contributed by atoms with Gasteiger partial charge < -0.3 is 19.3 Å². The van der Waals surface area contributed by atoms with Gasteiger partial charge in [-0.25, -0.2) is 4.79 Å². The number of carboxylic acid groups (broad SMARTS) is 1. The number of benzene rings is 3. The standard InChI is InChI=1S/C27H31O5P/c1-2-30-18-19-31-20-21-32-22-26(27(28)29)33(23-12-6-3-7-13-23,24-14-8-4-9-15-24)25-16-10-5-11-17-25/h3-17,26H,2,18-22H2,1H3/p+1. The highest BCUT2D eigenvalue weighted by Gasteiger charge is 2.56. The van der Waals surface area contributed by atoms with Crippen molar-refractivity contribution in [1.29, 1.82) is 0 Å². The first-order chi connectivity index (χ1) is 16.2. The number of aliphatic carboxylic acids is 1. The van der Waals surface area contributed by atoms with E-state index in [0.717, 1.165) is 15.9 Å². The van der Waals surface area contributed by atoms with E-state index < -0.39 is 18.9 Å². The first-order valence-electron chi connectivity index (χ1n) is 11.2. The maximum atomic E-state index is 12.8. The van der Waals surface area contributed by atoms with E-state index in [1.807, 2.05) is 97.9 Å². The Hall–Kier alpha value is -2.56. The largest absolute Gasteiger partial charge is 0.478 e. The average Bonchev–Trinajstić information content (AvgIpc) is 2.86. The maximum absolute atomic E-state index is 12.8. The summed E-state index contributed by atoms with van der Waals surface area (Å²) in [6, 6.07) is 30.0. The smallest absolute Gasteiger partial charge is 0.348 e. The maximum Gasteiger partial charge on any atom is 0.348 e. The highest BCUT2D eigenvalue weighted by atomic mass is 31.2. The Labute approximate surface area is 196 Å². The Bertz CT molecular complexity index is 853. The van der Waals surface area contributed by atoms with Crippen molar-refractivity contribution < 1.29 is 24.1 Å². The van der Waals surface area contributed by atoms with Gasteiger partial charge in [0.25, 0.3) is 0 Å². The Morgan fingerprint density at radius 3 is 1.48 bits per heavy atom. The van der Waals surface area contributed by atoms with E-state index >= 15 is 0 Å². The van der Waals surface area contributed by atoms with Gasteiger partial charge >= 0.3 is 5.97 Å². The van der Waals surface area contributed by atoms with Gasteiger partial charge in [0.05, 0.1) is 33.0 Å². The van der Waals surface area contributed by atoms with Crippen LogP contribution in [0.1, 0.15) is 6.92 Å². The lowest BCUT2D eigenvalue weighted by Crippen LogP contribution is -2.44. The van der Waals surface area contributed by atoms with Crippen molar-refractivity contribution in [2.45, 2.75) is 12.6 Å². The van der Waals surface area contributed by atoms with Crippen molar-refractivity contribution >= 4 is 29.1 Å². The number of ether oxygens (including phenoxy) is 3. The minimum absolute atomic E-state index is 0.0939. The third kappa shape index (κ3) is 6.27. The number of carbonyl (C=O) groups is 1. The van der Waals surface area contributed by atoms with Gasteiger partial charge in [-0.2, -0.15) is 0 Å². The average molecular weight is 468 g/mol. The highest BCUT2D eigenvalue weighted by molar-refractivity contribution is 7.96. The van der Waals surface area contributed by atoms with Crippen LogP contribution in [0.2, 0.25) is 0 Å². The molecule has 0 spiro atoms. The van der Waals surface area contributed by atoms with Crippen LogP contribution in [-0.2, 0) is 19.0 Å². The lowest BCUT2D eigenvalue weighted by atomic mass is 10.3. The monoisotopic (exact) mass is 467 g/mol. The van der Waals surface area contributed by atoms with Crippen LogP contribution in [0.4, 0.5) is 0 Å². The zero-order chi connectivity index (χ0) is 23.4. The molecular formula is C27H32O5P+. The fourth-order valence-electron chi connectivity index (χ4n) is 4.00. The molecule has 0 bridgehead atoms. The molecule has 6 heteroatoms. The molecule has 0 saturated heterocycles. The molecule has 3 rings (SSSR count). The molecule has 0 radical (unpaired) electrons. The van der Waals surface area contributed by atoms with Crippen LogP contribution >= 0.6 is 7.26 Å². The SMILES string of the molecule is CCOCCOCCOCC(C(=O)O)[P+](c1ccccc1)(c1ccccc1)c1ccccc1. The molecule has 3 aromatic carbocycles. The number of carboxylic acids is 1. The van der Waals surface area contributed by atoms with E-state index in [4.69, 9.17) is 14.2 Å². The summed E-state index contributed by atoms with van der Waals surface area (Å²) in [6.07, 6.45) is 0. The van der Waals surface area contributed by atoms with E-state index in [2.05, 4.69) is 0 Å². The molecule has 0 aliphatic rings. The third-order valence-corrected chi connectivity index (χ3v) is 10.1. The predicted molar refractivity (Wildman–Crippen MR) is 135 cm³/mol. The molecule has 3 aromatic rings. The lowest BCUT2D eigenvalue weighted by molar-refractivity contribution is -0.137. The van der Waals surface area contributed by atoms with Gasteiger partial charge in [-0.05, 0) is 43.3 Å². The van der Waals surface area contributed by atoms with Crippen LogP contribution in [-0.4, -0.2) is 56.4 Å². The molecule has 0 saturated carbocycles. The van der Waals surface area contributed by atoms with Gasteiger partial charge in [0.2, 0.25) is 5.66 Å². The molecule has 0 amide bonds. The van der Waals surface area contributed by atoms with E-state index in [-0.39, 0.29) is 6.61 Å². The Kier molecular flexibility index (Phi) is 10.0. The first kappa shape index (κ1) is 25.1. The first-order valence-corrected chi connectivity index (χ1v) is 13.1. The van der Waals surface area contributed by atoms with Crippen LogP contribution in [0, 0.1) is 0 Å². The summed E-state index contributed by atoms with van der Waals surface area (Å²) in [7, 11) is -2.58. The van der Waals surface area contributed by atoms with Gasteiger partial charge in [0.1, 0.15) is 23.2 Å². The molecule has 0 aromatic heterocycles. The van der Waals surface area contributed by atoms with Gasteiger partial charge in [-0.15, -0.1) is 0 Å². The zero-order valence-corrected chi connectivity index (χ0v) is 19.9. The van der Waals surface area contributed by atoms with Crippen molar-refractivity contribution in [3.8, 4) is 0 Å². The second kappa shape index (κ2) is 13.2. The third-order valence-electron chi connectivity index (χ3n) is 5.47. The van der Waals surface area contributed by atoms with Gasteiger partial charge in [-0.3, -0.25) is 0 Å². The summed E-state index contributed by atoms with van der Waals surface area (Å²) in [4.78, 5) is 12.8. The Morgan fingerprint density at radius 1 is 0.697 bits per heavy atom. The molecule has 1 N–H and O–H groups in total. The summed E-state index contributed by atoms with van der Waals surface area (Å²) in [5, 5.41) is 13.6. The van der Waals surface area contributed by atoms with Crippen LogP contribution < -0.4 is 15.9 Å². The number of rotatable bonds is 14. The molecule has 1 unspecified atom stereocenters. The minimum atomic E-state index is -2.58. The van der Waals surface area contributed by atoms with Crippen molar-refractivity contribution in [1.82, 2.24) is 0 Å². The zero-order valence-electron chi connectivity index (χ0n) is 19.0. The van der Waals surface area contributed by atoms with Crippen molar-refractivity contribution in [3.05, 3.63) is 91.0 Å². The summed E-state index contributed by atoms with van der Waals surface area (Å²) in [5.41, 5.74) is -0.742. The number of hydrogen-bond acceptors (Lipinski definition) is 4. The number of hydrogen-bond donors (Lipinski definition) is 1. The molecular weight excluding hydrogens is 435 g/mol. The van der Waals surface area contributed by atoms with Crippen LogP contribution in [0.5, 0.6) is 0 Å². The van der Waals surface area contributed by atoms with Gasteiger partial charge in [-0.1, -0.05) is 54.6 Å². The predicted octanol–water partition coefficient (Wildman–Crippen LogP) is 3.50. The minimum Gasteiger partial charge on any atom is -0.478 e. The molecule has 0 aliphatic heterocycles. The lowest BCUT2D eigenvalue weighted by Gasteiger charge is -2.32. The van der Waals surface area contributed by atoms with Crippen molar-refractivity contribution in [2.24, 2.45) is 0 Å². The second-order valence-corrected chi connectivity index (χ2v) is 11.1. The molecule has 1 atom stereocenters. The van der Waals surface area contributed by atoms with Crippen LogP contribution in [0.15, 0.2) is 91.0 Å². The van der Waals surface area contributed by atoms with Crippen molar-refractivity contribution in [3.63, 3.8) is 0 Å². The van der Waals surface area contributed by atoms with E-state index in [9.17, 15) is 9.90 Å². The topological polar surface area (TPSA) is 65.0 Å². The van der Waals surface area contributed by atoms with E-state index in [1.54, 1.807) is 0 Å². The summed E-state index contributed by atoms with van der Waals surface area (Å²) in [6.45, 7) is 4.45. The van der Waals surface area contributed by atoms with Crippen molar-refractivity contribution in [2.75, 3.05) is 39.6 Å². The van der Waals surface area contributed by atoms with Crippen LogP contribution in [0.3, 0.4) is 0 Å². The molecule has 33 heavy (non-hydrogen) atoms. The molecule has 0 fully saturated rings. The summed E-state index contributed by atoms with van der Waals surface area (Å²) >= 11 is 0. The molecule has 5 nitrogen and oxygen atoms in total. The molecule has 0 heterocycles. The Morgan fingerprint density at radius 2 is 1.09 bits per heavy atom. The van der Waals surface area contributed by atoms with Crippen LogP contribution in [0.25, 0.3) is 0 Å². The molecule has 174 valence electrons.